The van der Waals surface area contributed by atoms with Gasteiger partial charge in [-0.25, -0.2) is 0 Å². The predicted molar refractivity (Wildman–Crippen MR) is 91.8 cm³/mol. The molecule has 0 radical (unpaired) electrons. The Balaban J connectivity index is 1.92. The van der Waals surface area contributed by atoms with E-state index in [1.165, 1.54) is 11.1 Å². The summed E-state index contributed by atoms with van der Waals surface area (Å²) in [6.07, 6.45) is 3.88. The molecule has 22 heavy (non-hydrogen) atoms. The van der Waals surface area contributed by atoms with E-state index >= 15 is 0 Å². The van der Waals surface area contributed by atoms with Crippen LogP contribution >= 0.6 is 0 Å². The van der Waals surface area contributed by atoms with Crippen LogP contribution in [0.15, 0.2) is 24.3 Å². The fourth-order valence-corrected chi connectivity index (χ4v) is 3.26. The molecular weight excluding hydrogens is 272 g/mol. The second-order valence-electron chi connectivity index (χ2n) is 6.80. The van der Waals surface area contributed by atoms with Gasteiger partial charge in [0.15, 0.2) is 0 Å². The van der Waals surface area contributed by atoms with Crippen molar-refractivity contribution in [1.29, 1.82) is 0 Å². The molecule has 3 nitrogen and oxygen atoms in total. The summed E-state index contributed by atoms with van der Waals surface area (Å²) in [5.41, 5.74) is 8.61. The molecule has 0 spiro atoms. The Morgan fingerprint density at radius 2 is 2.00 bits per heavy atom. The van der Waals surface area contributed by atoms with E-state index in [1.807, 2.05) is 4.90 Å². The molecule has 1 fully saturated rings. The van der Waals surface area contributed by atoms with Gasteiger partial charge in [-0.05, 0) is 49.1 Å². The summed E-state index contributed by atoms with van der Waals surface area (Å²) >= 11 is 0. The summed E-state index contributed by atoms with van der Waals surface area (Å²) in [4.78, 5) is 14.6. The Kier molecular flexibility index (Phi) is 6.01. The molecule has 1 heterocycles. The molecule has 0 bridgehead atoms. The smallest absolute Gasteiger partial charge is 0.223 e. The zero-order valence-electron chi connectivity index (χ0n) is 14.2. The van der Waals surface area contributed by atoms with Gasteiger partial charge in [0.1, 0.15) is 0 Å². The monoisotopic (exact) mass is 302 g/mol. The molecule has 1 saturated heterocycles. The van der Waals surface area contributed by atoms with Crippen LogP contribution in [0.1, 0.15) is 57.1 Å². The number of hydrogen-bond acceptors (Lipinski definition) is 2. The van der Waals surface area contributed by atoms with Crippen molar-refractivity contribution in [3.05, 3.63) is 35.4 Å². The number of aryl methyl sites for hydroxylation is 1. The highest BCUT2D eigenvalue weighted by Crippen LogP contribution is 2.24. The van der Waals surface area contributed by atoms with E-state index in [4.69, 9.17) is 5.73 Å². The highest BCUT2D eigenvalue weighted by molar-refractivity contribution is 5.77. The molecule has 122 valence electrons. The third-order valence-electron chi connectivity index (χ3n) is 4.99. The largest absolute Gasteiger partial charge is 0.342 e. The second-order valence-corrected chi connectivity index (χ2v) is 6.80. The first kappa shape index (κ1) is 17.0. The van der Waals surface area contributed by atoms with Gasteiger partial charge < -0.3 is 10.6 Å². The number of likely N-dealkylation sites (tertiary alicyclic amines) is 1. The minimum Gasteiger partial charge on any atom is -0.342 e. The van der Waals surface area contributed by atoms with Crippen molar-refractivity contribution in [1.82, 2.24) is 4.90 Å². The van der Waals surface area contributed by atoms with Crippen LogP contribution in [0, 0.1) is 5.92 Å². The Bertz CT molecular complexity index is 481. The Morgan fingerprint density at radius 1 is 1.32 bits per heavy atom. The van der Waals surface area contributed by atoms with Crippen molar-refractivity contribution in [2.45, 2.75) is 58.4 Å². The molecule has 1 aromatic carbocycles. The van der Waals surface area contributed by atoms with Crippen LogP contribution in [0.2, 0.25) is 0 Å². The molecule has 3 heteroatoms. The van der Waals surface area contributed by atoms with Gasteiger partial charge in [0, 0.05) is 25.6 Å². The maximum Gasteiger partial charge on any atom is 0.223 e. The van der Waals surface area contributed by atoms with Crippen LogP contribution in [-0.4, -0.2) is 29.9 Å². The SMILES string of the molecule is CCc1ccc(C(C)CC(=O)N2CCCC(C(C)N)C2)cc1. The van der Waals surface area contributed by atoms with Crippen molar-refractivity contribution in [2.24, 2.45) is 11.7 Å². The zero-order chi connectivity index (χ0) is 16.1. The summed E-state index contributed by atoms with van der Waals surface area (Å²) in [6, 6.07) is 8.84. The van der Waals surface area contributed by atoms with Gasteiger partial charge >= 0.3 is 0 Å². The summed E-state index contributed by atoms with van der Waals surface area (Å²) in [5.74, 6) is 1.00. The molecule has 0 aliphatic carbocycles. The van der Waals surface area contributed by atoms with Crippen LogP contribution in [0.25, 0.3) is 0 Å². The van der Waals surface area contributed by atoms with E-state index < -0.39 is 0 Å². The van der Waals surface area contributed by atoms with E-state index in [0.717, 1.165) is 32.4 Å². The molecule has 0 saturated carbocycles. The van der Waals surface area contributed by atoms with E-state index in [0.29, 0.717) is 12.3 Å². The normalized spacial score (nSPS) is 21.5. The Morgan fingerprint density at radius 3 is 2.59 bits per heavy atom. The number of rotatable bonds is 5. The number of piperidine rings is 1. The van der Waals surface area contributed by atoms with Gasteiger partial charge in [-0.1, -0.05) is 38.1 Å². The number of benzene rings is 1. The lowest BCUT2D eigenvalue weighted by atomic mass is 9.91. The van der Waals surface area contributed by atoms with E-state index in [-0.39, 0.29) is 17.9 Å². The van der Waals surface area contributed by atoms with E-state index in [1.54, 1.807) is 0 Å². The first-order valence-electron chi connectivity index (χ1n) is 8.63. The number of nitrogens with zero attached hydrogens (tertiary/aromatic N) is 1. The number of amides is 1. The zero-order valence-corrected chi connectivity index (χ0v) is 14.2. The third kappa shape index (κ3) is 4.33. The fraction of sp³-hybridized carbons (Fsp3) is 0.632. The molecule has 1 aliphatic heterocycles. The summed E-state index contributed by atoms with van der Waals surface area (Å²) in [7, 11) is 0. The van der Waals surface area contributed by atoms with Crippen molar-refractivity contribution < 1.29 is 4.79 Å². The predicted octanol–water partition coefficient (Wildman–Crippen LogP) is 3.33. The number of hydrogen-bond donors (Lipinski definition) is 1. The molecule has 1 aliphatic rings. The average molecular weight is 302 g/mol. The van der Waals surface area contributed by atoms with E-state index in [2.05, 4.69) is 45.0 Å². The van der Waals surface area contributed by atoms with Crippen LogP contribution in [0.4, 0.5) is 0 Å². The van der Waals surface area contributed by atoms with Crippen LogP contribution in [-0.2, 0) is 11.2 Å². The quantitative estimate of drug-likeness (QED) is 0.907. The Hall–Kier alpha value is -1.35. The molecule has 3 atom stereocenters. The van der Waals surface area contributed by atoms with Crippen LogP contribution in [0.3, 0.4) is 0 Å². The first-order chi connectivity index (χ1) is 10.5. The fourth-order valence-electron chi connectivity index (χ4n) is 3.26. The van der Waals surface area contributed by atoms with Gasteiger partial charge in [-0.3, -0.25) is 4.79 Å². The van der Waals surface area contributed by atoms with Gasteiger partial charge in [-0.15, -0.1) is 0 Å². The lowest BCUT2D eigenvalue weighted by molar-refractivity contribution is -0.133. The topological polar surface area (TPSA) is 46.3 Å². The minimum atomic E-state index is 0.176. The minimum absolute atomic E-state index is 0.176. The highest BCUT2D eigenvalue weighted by Gasteiger charge is 2.26. The lowest BCUT2D eigenvalue weighted by Gasteiger charge is -2.35. The van der Waals surface area contributed by atoms with Gasteiger partial charge in [0.25, 0.3) is 0 Å². The molecule has 2 N–H and O–H groups in total. The van der Waals surface area contributed by atoms with E-state index in [9.17, 15) is 4.79 Å². The maximum atomic E-state index is 12.6. The standard InChI is InChI=1S/C19H30N2O/c1-4-16-7-9-17(10-8-16)14(2)12-19(22)21-11-5-6-18(13-21)15(3)20/h7-10,14-15,18H,4-6,11-13,20H2,1-3H3. The summed E-state index contributed by atoms with van der Waals surface area (Å²) < 4.78 is 0. The number of carbonyl (C=O) groups excluding carboxylic acids is 1. The first-order valence-corrected chi connectivity index (χ1v) is 8.63. The van der Waals surface area contributed by atoms with Gasteiger partial charge in [-0.2, -0.15) is 0 Å². The summed E-state index contributed by atoms with van der Waals surface area (Å²) in [6.45, 7) is 8.08. The summed E-state index contributed by atoms with van der Waals surface area (Å²) in [5, 5.41) is 0. The maximum absolute atomic E-state index is 12.6. The molecule has 1 amide bonds. The van der Waals surface area contributed by atoms with Crippen molar-refractivity contribution >= 4 is 5.91 Å². The molecule has 1 aromatic rings. The van der Waals surface area contributed by atoms with Crippen LogP contribution < -0.4 is 5.73 Å². The number of carbonyl (C=O) groups is 1. The highest BCUT2D eigenvalue weighted by atomic mass is 16.2. The second kappa shape index (κ2) is 7.77. The molecule has 3 unspecified atom stereocenters. The number of nitrogens with two attached hydrogens (primary N) is 1. The molecule has 2 rings (SSSR count). The molecular formula is C19H30N2O. The average Bonchev–Trinajstić information content (AvgIpc) is 2.54. The van der Waals surface area contributed by atoms with Crippen molar-refractivity contribution in [2.75, 3.05) is 13.1 Å². The molecule has 0 aromatic heterocycles. The van der Waals surface area contributed by atoms with Crippen LogP contribution in [0.5, 0.6) is 0 Å². The third-order valence-corrected chi connectivity index (χ3v) is 4.99. The Labute approximate surface area is 134 Å². The van der Waals surface area contributed by atoms with Crippen molar-refractivity contribution in [3.63, 3.8) is 0 Å². The van der Waals surface area contributed by atoms with Gasteiger partial charge in [0.05, 0.1) is 0 Å². The lowest BCUT2D eigenvalue weighted by Crippen LogP contribution is -2.45. The van der Waals surface area contributed by atoms with Crippen molar-refractivity contribution in [3.8, 4) is 0 Å². The van der Waals surface area contributed by atoms with Gasteiger partial charge in [0.2, 0.25) is 5.91 Å².